The van der Waals surface area contributed by atoms with Crippen molar-refractivity contribution in [1.29, 1.82) is 0 Å². The molecule has 2 aliphatic rings. The molecule has 2 aliphatic heterocycles. The molecule has 3 heterocycles. The number of nitrogens with zero attached hydrogens (tertiary/aromatic N) is 3. The van der Waals surface area contributed by atoms with Crippen LogP contribution in [0.25, 0.3) is 0 Å². The van der Waals surface area contributed by atoms with Crippen LogP contribution in [0.4, 0.5) is 5.69 Å². The van der Waals surface area contributed by atoms with E-state index in [1.807, 2.05) is 36.0 Å². The third-order valence-electron chi connectivity index (χ3n) is 4.88. The predicted molar refractivity (Wildman–Crippen MR) is 118 cm³/mol. The van der Waals surface area contributed by atoms with E-state index in [0.29, 0.717) is 25.7 Å². The van der Waals surface area contributed by atoms with E-state index in [9.17, 15) is 0 Å². The van der Waals surface area contributed by atoms with Gasteiger partial charge in [-0.2, -0.15) is 5.10 Å². The van der Waals surface area contributed by atoms with Crippen molar-refractivity contribution >= 4 is 35.6 Å². The van der Waals surface area contributed by atoms with Gasteiger partial charge in [0.15, 0.2) is 17.5 Å². The van der Waals surface area contributed by atoms with Crippen LogP contribution in [0.2, 0.25) is 0 Å². The van der Waals surface area contributed by atoms with Gasteiger partial charge in [-0.05, 0) is 24.6 Å². The van der Waals surface area contributed by atoms with Crippen molar-refractivity contribution < 1.29 is 14.2 Å². The Morgan fingerprint density at radius 1 is 1.25 bits per heavy atom. The summed E-state index contributed by atoms with van der Waals surface area (Å²) in [6.45, 7) is 2.65. The second-order valence-electron chi connectivity index (χ2n) is 6.78. The van der Waals surface area contributed by atoms with Gasteiger partial charge in [-0.1, -0.05) is 0 Å². The number of hydrogen-bond acceptors (Lipinski definition) is 5. The van der Waals surface area contributed by atoms with Crippen molar-refractivity contribution in [3.63, 3.8) is 0 Å². The molecular formula is C19H26IN5O3. The average Bonchev–Trinajstić information content (AvgIpc) is 3.22. The van der Waals surface area contributed by atoms with Gasteiger partial charge in [0.25, 0.3) is 0 Å². The summed E-state index contributed by atoms with van der Waals surface area (Å²) < 4.78 is 19.1. The van der Waals surface area contributed by atoms with Crippen LogP contribution in [0.5, 0.6) is 11.5 Å². The van der Waals surface area contributed by atoms with E-state index in [1.165, 1.54) is 0 Å². The summed E-state index contributed by atoms with van der Waals surface area (Å²) in [5.74, 6) is 2.14. The molecule has 4 rings (SSSR count). The third-order valence-corrected chi connectivity index (χ3v) is 4.88. The number of anilines is 1. The second-order valence-corrected chi connectivity index (χ2v) is 6.78. The molecule has 2 aromatic rings. The SMILES string of the molecule is Cn1nccc1[C@@H]1OCC[C@H]1CN=C(N)Nc1ccc2c(c1)OCCCO2.I. The van der Waals surface area contributed by atoms with Crippen LogP contribution in [-0.2, 0) is 11.8 Å². The van der Waals surface area contributed by atoms with E-state index in [4.69, 9.17) is 19.9 Å². The average molecular weight is 499 g/mol. The number of halogens is 1. The van der Waals surface area contributed by atoms with Gasteiger partial charge in [-0.25, -0.2) is 0 Å². The lowest BCUT2D eigenvalue weighted by Crippen LogP contribution is -2.24. The molecule has 0 aliphatic carbocycles. The van der Waals surface area contributed by atoms with E-state index in [2.05, 4.69) is 15.4 Å². The van der Waals surface area contributed by atoms with Crippen molar-refractivity contribution in [2.45, 2.75) is 18.9 Å². The molecule has 9 heteroatoms. The van der Waals surface area contributed by atoms with Crippen LogP contribution in [0.3, 0.4) is 0 Å². The van der Waals surface area contributed by atoms with Crippen LogP contribution < -0.4 is 20.5 Å². The van der Waals surface area contributed by atoms with Crippen LogP contribution in [-0.4, -0.2) is 42.1 Å². The lowest BCUT2D eigenvalue weighted by molar-refractivity contribution is 0.0859. The molecule has 0 amide bonds. The summed E-state index contributed by atoms with van der Waals surface area (Å²) in [5, 5.41) is 7.36. The molecule has 28 heavy (non-hydrogen) atoms. The molecule has 0 saturated carbocycles. The minimum Gasteiger partial charge on any atom is -0.490 e. The lowest BCUT2D eigenvalue weighted by atomic mass is 9.99. The number of aromatic nitrogens is 2. The number of ether oxygens (including phenoxy) is 3. The number of rotatable bonds is 4. The van der Waals surface area contributed by atoms with Crippen LogP contribution >= 0.6 is 24.0 Å². The quantitative estimate of drug-likeness (QED) is 0.382. The number of aliphatic imine (C=N–C) groups is 1. The molecule has 1 saturated heterocycles. The van der Waals surface area contributed by atoms with Crippen molar-refractivity contribution in [3.8, 4) is 11.5 Å². The zero-order chi connectivity index (χ0) is 18.6. The molecule has 1 aromatic heterocycles. The summed E-state index contributed by atoms with van der Waals surface area (Å²) in [6.07, 6.45) is 3.63. The predicted octanol–water partition coefficient (Wildman–Crippen LogP) is 2.70. The van der Waals surface area contributed by atoms with Gasteiger partial charge in [0.1, 0.15) is 6.10 Å². The van der Waals surface area contributed by atoms with E-state index < -0.39 is 0 Å². The molecular weight excluding hydrogens is 473 g/mol. The number of aryl methyl sites for hydroxylation is 1. The summed E-state index contributed by atoms with van der Waals surface area (Å²) >= 11 is 0. The summed E-state index contributed by atoms with van der Waals surface area (Å²) in [7, 11) is 1.93. The molecule has 0 radical (unpaired) electrons. The Labute approximate surface area is 181 Å². The van der Waals surface area contributed by atoms with Crippen molar-refractivity contribution in [2.75, 3.05) is 31.7 Å². The lowest BCUT2D eigenvalue weighted by Gasteiger charge is -2.17. The molecule has 0 spiro atoms. The number of fused-ring (bicyclic) bond motifs is 1. The number of hydrogen-bond donors (Lipinski definition) is 2. The fourth-order valence-corrected chi connectivity index (χ4v) is 3.46. The highest BCUT2D eigenvalue weighted by Gasteiger charge is 2.31. The first-order valence-corrected chi connectivity index (χ1v) is 9.27. The topological polar surface area (TPSA) is 95.9 Å². The van der Waals surface area contributed by atoms with Gasteiger partial charge >= 0.3 is 0 Å². The van der Waals surface area contributed by atoms with Crippen molar-refractivity contribution in [2.24, 2.45) is 23.7 Å². The Hall–Kier alpha value is -2.01. The Bertz CT molecular complexity index is 826. The Balaban J connectivity index is 0.00000225. The van der Waals surface area contributed by atoms with Crippen LogP contribution in [0.1, 0.15) is 24.6 Å². The monoisotopic (exact) mass is 499 g/mol. The fourth-order valence-electron chi connectivity index (χ4n) is 3.46. The highest BCUT2D eigenvalue weighted by Crippen LogP contribution is 2.34. The largest absolute Gasteiger partial charge is 0.490 e. The maximum absolute atomic E-state index is 6.09. The summed E-state index contributed by atoms with van der Waals surface area (Å²) in [6, 6.07) is 7.68. The van der Waals surface area contributed by atoms with E-state index in [-0.39, 0.29) is 36.0 Å². The van der Waals surface area contributed by atoms with Gasteiger partial charge in [0, 0.05) is 50.5 Å². The summed E-state index contributed by atoms with van der Waals surface area (Å²) in [4.78, 5) is 4.52. The van der Waals surface area contributed by atoms with Gasteiger partial charge in [-0.3, -0.25) is 9.67 Å². The number of benzene rings is 1. The number of nitrogens with two attached hydrogens (primary N) is 1. The minimum absolute atomic E-state index is 0. The molecule has 2 atom stereocenters. The maximum atomic E-state index is 6.09. The first kappa shape index (κ1) is 20.7. The van der Waals surface area contributed by atoms with Crippen LogP contribution in [0, 0.1) is 5.92 Å². The molecule has 3 N–H and O–H groups in total. The standard InChI is InChI=1S/C19H25N5O3.HI/c1-24-15(5-7-22-24)18-13(6-10-27-18)12-21-19(20)23-14-3-4-16-17(11-14)26-9-2-8-25-16;/h3-5,7,11,13,18H,2,6,8-10,12H2,1H3,(H3,20,21,23);1H/t13-,18+;/m0./s1. The van der Waals surface area contributed by atoms with Crippen molar-refractivity contribution in [1.82, 2.24) is 9.78 Å². The Morgan fingerprint density at radius 2 is 2.07 bits per heavy atom. The van der Waals surface area contributed by atoms with E-state index in [0.717, 1.165) is 42.3 Å². The normalized spacial score (nSPS) is 21.7. The highest BCUT2D eigenvalue weighted by molar-refractivity contribution is 14.0. The summed E-state index contributed by atoms with van der Waals surface area (Å²) in [5.41, 5.74) is 7.99. The first-order valence-electron chi connectivity index (χ1n) is 9.27. The third kappa shape index (κ3) is 4.69. The molecule has 8 nitrogen and oxygen atoms in total. The number of guanidine groups is 1. The molecule has 0 bridgehead atoms. The maximum Gasteiger partial charge on any atom is 0.193 e. The van der Waals surface area contributed by atoms with Gasteiger partial charge in [0.05, 0.1) is 18.9 Å². The fraction of sp³-hybridized carbons (Fsp3) is 0.474. The van der Waals surface area contributed by atoms with Crippen LogP contribution in [0.15, 0.2) is 35.5 Å². The van der Waals surface area contributed by atoms with Crippen molar-refractivity contribution in [3.05, 3.63) is 36.2 Å². The molecule has 1 aromatic carbocycles. The first-order chi connectivity index (χ1) is 13.2. The van der Waals surface area contributed by atoms with Gasteiger partial charge in [-0.15, -0.1) is 24.0 Å². The zero-order valence-electron chi connectivity index (χ0n) is 15.8. The molecule has 1 fully saturated rings. The van der Waals surface area contributed by atoms with E-state index >= 15 is 0 Å². The van der Waals surface area contributed by atoms with E-state index in [1.54, 1.807) is 6.20 Å². The Morgan fingerprint density at radius 3 is 2.86 bits per heavy atom. The van der Waals surface area contributed by atoms with Gasteiger partial charge < -0.3 is 25.3 Å². The Kier molecular flexibility index (Phi) is 7.00. The van der Waals surface area contributed by atoms with Gasteiger partial charge in [0.2, 0.25) is 0 Å². The molecule has 0 unspecified atom stereocenters. The smallest absolute Gasteiger partial charge is 0.193 e. The second kappa shape index (κ2) is 9.46. The number of nitrogens with one attached hydrogen (secondary N) is 1. The molecule has 152 valence electrons. The highest BCUT2D eigenvalue weighted by atomic mass is 127. The zero-order valence-corrected chi connectivity index (χ0v) is 18.2. The minimum atomic E-state index is 0.